The molecule has 0 aromatic carbocycles. The van der Waals surface area contributed by atoms with Crippen LogP contribution in [0.1, 0.15) is 20.3 Å². The number of hydrogen-bond donors (Lipinski definition) is 1. The third-order valence-corrected chi connectivity index (χ3v) is 1.12. The average Bonchev–Trinajstić information content (AvgIpc) is 1.86. The molecule has 1 nitrogen and oxygen atoms in total. The van der Waals surface area contributed by atoms with Crippen LogP contribution in [0, 0.1) is 0 Å². The Hall–Kier alpha value is -0.790. The molecule has 0 unspecified atom stereocenters. The maximum atomic E-state index is 12.2. The lowest BCUT2D eigenvalue weighted by atomic mass is 10.3. The average molecular weight is 143 g/mol. The van der Waals surface area contributed by atoms with Crippen molar-refractivity contribution >= 4 is 0 Å². The van der Waals surface area contributed by atoms with E-state index in [1.54, 1.807) is 0 Å². The first-order valence-electron chi connectivity index (χ1n) is 3.49. The molecule has 0 spiro atoms. The van der Waals surface area contributed by atoms with Gasteiger partial charge in [-0.1, -0.05) is 13.5 Å². The molecule has 0 radical (unpaired) electrons. The lowest BCUT2D eigenvalue weighted by Crippen LogP contribution is -2.11. The van der Waals surface area contributed by atoms with Crippen LogP contribution in [0.4, 0.5) is 4.39 Å². The van der Waals surface area contributed by atoms with Crippen LogP contribution >= 0.6 is 0 Å². The second kappa shape index (κ2) is 5.03. The van der Waals surface area contributed by atoms with Gasteiger partial charge in [0, 0.05) is 12.2 Å². The summed E-state index contributed by atoms with van der Waals surface area (Å²) in [5.41, 5.74) is 0.898. The highest BCUT2D eigenvalue weighted by atomic mass is 19.1. The monoisotopic (exact) mass is 143 g/mol. The molecular weight excluding hydrogens is 129 g/mol. The highest BCUT2D eigenvalue weighted by molar-refractivity contribution is 5.13. The van der Waals surface area contributed by atoms with E-state index in [0.29, 0.717) is 0 Å². The SMILES string of the molecule is C=C(F)/C=C(\CC)NCC. The van der Waals surface area contributed by atoms with Gasteiger partial charge in [-0.25, -0.2) is 4.39 Å². The summed E-state index contributed by atoms with van der Waals surface area (Å²) in [6.07, 6.45) is 2.24. The molecule has 0 aliphatic heterocycles. The van der Waals surface area contributed by atoms with Crippen molar-refractivity contribution in [3.63, 3.8) is 0 Å². The zero-order chi connectivity index (χ0) is 7.98. The summed E-state index contributed by atoms with van der Waals surface area (Å²) in [6, 6.07) is 0. The summed E-state index contributed by atoms with van der Waals surface area (Å²) < 4.78 is 12.2. The van der Waals surface area contributed by atoms with E-state index in [-0.39, 0.29) is 0 Å². The molecule has 0 fully saturated rings. The Morgan fingerprint density at radius 3 is 2.50 bits per heavy atom. The first-order chi connectivity index (χ1) is 4.70. The molecule has 0 heterocycles. The molecule has 0 saturated carbocycles. The van der Waals surface area contributed by atoms with Gasteiger partial charge in [0.15, 0.2) is 0 Å². The maximum Gasteiger partial charge on any atom is 0.117 e. The first kappa shape index (κ1) is 9.21. The van der Waals surface area contributed by atoms with Crippen LogP contribution in [-0.2, 0) is 0 Å². The van der Waals surface area contributed by atoms with Gasteiger partial charge < -0.3 is 5.32 Å². The molecule has 0 saturated heterocycles. The van der Waals surface area contributed by atoms with Crippen LogP contribution in [0.5, 0.6) is 0 Å². The van der Waals surface area contributed by atoms with Crippen LogP contribution < -0.4 is 5.32 Å². The van der Waals surface area contributed by atoms with E-state index < -0.39 is 5.83 Å². The molecule has 0 atom stereocenters. The molecule has 0 aromatic heterocycles. The van der Waals surface area contributed by atoms with Gasteiger partial charge in [-0.05, 0) is 19.4 Å². The van der Waals surface area contributed by atoms with Gasteiger partial charge in [0.05, 0.1) is 0 Å². The summed E-state index contributed by atoms with van der Waals surface area (Å²) >= 11 is 0. The molecule has 0 aliphatic rings. The van der Waals surface area contributed by atoms with E-state index in [1.165, 1.54) is 6.08 Å². The minimum atomic E-state index is -0.391. The van der Waals surface area contributed by atoms with E-state index in [4.69, 9.17) is 0 Å². The Bertz CT molecular complexity index is 138. The van der Waals surface area contributed by atoms with Crippen LogP contribution in [-0.4, -0.2) is 6.54 Å². The van der Waals surface area contributed by atoms with E-state index in [1.807, 2.05) is 13.8 Å². The Morgan fingerprint density at radius 2 is 2.20 bits per heavy atom. The van der Waals surface area contributed by atoms with Crippen LogP contribution in [0.25, 0.3) is 0 Å². The molecule has 0 bridgehead atoms. The van der Waals surface area contributed by atoms with Crippen LogP contribution in [0.3, 0.4) is 0 Å². The molecule has 58 valence electrons. The Kier molecular flexibility index (Phi) is 4.63. The maximum absolute atomic E-state index is 12.2. The number of halogens is 1. The van der Waals surface area contributed by atoms with Crippen molar-refractivity contribution in [3.8, 4) is 0 Å². The molecule has 1 N–H and O–H groups in total. The summed E-state index contributed by atoms with van der Waals surface area (Å²) in [5.74, 6) is -0.391. The smallest absolute Gasteiger partial charge is 0.117 e. The molecule has 2 heteroatoms. The highest BCUT2D eigenvalue weighted by Gasteiger charge is 1.90. The van der Waals surface area contributed by atoms with Crippen molar-refractivity contribution in [2.75, 3.05) is 6.54 Å². The number of hydrogen-bond acceptors (Lipinski definition) is 1. The number of rotatable bonds is 4. The molecular formula is C8H14FN. The first-order valence-corrected chi connectivity index (χ1v) is 3.49. The van der Waals surface area contributed by atoms with Crippen molar-refractivity contribution in [1.82, 2.24) is 5.32 Å². The van der Waals surface area contributed by atoms with Crippen LogP contribution in [0.2, 0.25) is 0 Å². The largest absolute Gasteiger partial charge is 0.389 e. The van der Waals surface area contributed by atoms with E-state index in [9.17, 15) is 4.39 Å². The fourth-order valence-electron chi connectivity index (χ4n) is 0.694. The summed E-state index contributed by atoms with van der Waals surface area (Å²) in [6.45, 7) is 7.91. The minimum absolute atomic E-state index is 0.391. The number of allylic oxidation sites excluding steroid dienone is 3. The second-order valence-electron chi connectivity index (χ2n) is 2.00. The highest BCUT2D eigenvalue weighted by Crippen LogP contribution is 2.01. The third-order valence-electron chi connectivity index (χ3n) is 1.12. The molecule has 0 rings (SSSR count). The van der Waals surface area contributed by atoms with Gasteiger partial charge in [0.1, 0.15) is 5.83 Å². The predicted molar refractivity (Wildman–Crippen MR) is 42.3 cm³/mol. The number of nitrogens with one attached hydrogen (secondary N) is 1. The fraction of sp³-hybridized carbons (Fsp3) is 0.500. The van der Waals surface area contributed by atoms with Gasteiger partial charge in [-0.2, -0.15) is 0 Å². The van der Waals surface area contributed by atoms with Crippen molar-refractivity contribution in [3.05, 3.63) is 24.2 Å². The molecule has 0 aromatic rings. The van der Waals surface area contributed by atoms with Gasteiger partial charge >= 0.3 is 0 Å². The third kappa shape index (κ3) is 4.13. The second-order valence-corrected chi connectivity index (χ2v) is 2.00. The molecule has 0 amide bonds. The van der Waals surface area contributed by atoms with Gasteiger partial charge in [0.2, 0.25) is 0 Å². The van der Waals surface area contributed by atoms with E-state index in [0.717, 1.165) is 18.7 Å². The topological polar surface area (TPSA) is 12.0 Å². The van der Waals surface area contributed by atoms with Gasteiger partial charge in [-0.3, -0.25) is 0 Å². The standard InChI is InChI=1S/C8H14FN/c1-4-8(10-5-2)6-7(3)9/h6,10H,3-5H2,1-2H3/b8-6+. The van der Waals surface area contributed by atoms with Crippen molar-refractivity contribution in [2.24, 2.45) is 0 Å². The lowest BCUT2D eigenvalue weighted by molar-refractivity contribution is 0.663. The zero-order valence-corrected chi connectivity index (χ0v) is 6.58. The van der Waals surface area contributed by atoms with E-state index >= 15 is 0 Å². The summed E-state index contributed by atoms with van der Waals surface area (Å²) in [5, 5.41) is 3.02. The molecule has 0 aliphatic carbocycles. The quantitative estimate of drug-likeness (QED) is 0.596. The summed E-state index contributed by atoms with van der Waals surface area (Å²) in [7, 11) is 0. The van der Waals surface area contributed by atoms with Gasteiger partial charge in [-0.15, -0.1) is 0 Å². The van der Waals surface area contributed by atoms with Crippen molar-refractivity contribution < 1.29 is 4.39 Å². The van der Waals surface area contributed by atoms with Crippen LogP contribution in [0.15, 0.2) is 24.2 Å². The van der Waals surface area contributed by atoms with Crippen molar-refractivity contribution in [2.45, 2.75) is 20.3 Å². The minimum Gasteiger partial charge on any atom is -0.389 e. The van der Waals surface area contributed by atoms with Gasteiger partial charge in [0.25, 0.3) is 0 Å². The zero-order valence-electron chi connectivity index (χ0n) is 6.58. The lowest BCUT2D eigenvalue weighted by Gasteiger charge is -2.03. The Labute approximate surface area is 61.6 Å². The molecule has 10 heavy (non-hydrogen) atoms. The van der Waals surface area contributed by atoms with E-state index in [2.05, 4.69) is 11.9 Å². The normalized spacial score (nSPS) is 11.3. The Balaban J connectivity index is 3.91. The fourth-order valence-corrected chi connectivity index (χ4v) is 0.694. The Morgan fingerprint density at radius 1 is 1.60 bits per heavy atom. The summed E-state index contributed by atoms with van der Waals surface area (Å²) in [4.78, 5) is 0. The predicted octanol–water partition coefficient (Wildman–Crippen LogP) is 2.37. The van der Waals surface area contributed by atoms with Crippen molar-refractivity contribution in [1.29, 1.82) is 0 Å².